The quantitative estimate of drug-likeness (QED) is 0.726. The molecule has 1 fully saturated rings. The summed E-state index contributed by atoms with van der Waals surface area (Å²) in [4.78, 5) is -0.410. The fourth-order valence-corrected chi connectivity index (χ4v) is 4.66. The van der Waals surface area contributed by atoms with Crippen LogP contribution in [0, 0.1) is 5.82 Å². The average Bonchev–Trinajstić information content (AvgIpc) is 3.13. The summed E-state index contributed by atoms with van der Waals surface area (Å²) < 4.78 is 46.5. The molecule has 1 atom stereocenters. The number of hydrogen-bond acceptors (Lipinski definition) is 5. The number of halogens is 1. The largest absolute Gasteiger partial charge is 0.491 e. The van der Waals surface area contributed by atoms with Gasteiger partial charge in [-0.15, -0.1) is 0 Å². The molecule has 142 valence electrons. The van der Waals surface area contributed by atoms with Crippen molar-refractivity contribution in [1.29, 1.82) is 0 Å². The lowest BCUT2D eigenvalue weighted by molar-refractivity contribution is 0.241. The molecule has 1 aromatic heterocycles. The number of rotatable bonds is 5. The summed E-state index contributed by atoms with van der Waals surface area (Å²) in [6.45, 7) is 1.49. The number of benzene rings is 2. The molecule has 2 heterocycles. The molecule has 0 bridgehead atoms. The summed E-state index contributed by atoms with van der Waals surface area (Å²) in [5.41, 5.74) is 0.354. The minimum Gasteiger partial charge on any atom is -0.491 e. The molecular weight excluding hydrogens is 369 g/mol. The second kappa shape index (κ2) is 7.28. The average molecular weight is 389 g/mol. The summed E-state index contributed by atoms with van der Waals surface area (Å²) in [6.07, 6.45) is 4.84. The first-order valence-corrected chi connectivity index (χ1v) is 10.3. The van der Waals surface area contributed by atoms with Gasteiger partial charge in [0.2, 0.25) is 0 Å². The van der Waals surface area contributed by atoms with Crippen molar-refractivity contribution in [2.24, 2.45) is 0 Å². The number of ether oxygens (including phenoxy) is 1. The van der Waals surface area contributed by atoms with E-state index in [9.17, 15) is 12.8 Å². The van der Waals surface area contributed by atoms with Crippen molar-refractivity contribution in [2.75, 3.05) is 13.2 Å². The molecule has 0 radical (unpaired) electrons. The summed E-state index contributed by atoms with van der Waals surface area (Å²) in [5.74, 6) is -0.244. The van der Waals surface area contributed by atoms with Gasteiger partial charge in [0.05, 0.1) is 17.1 Å². The van der Waals surface area contributed by atoms with E-state index >= 15 is 0 Å². The van der Waals surface area contributed by atoms with E-state index in [0.717, 1.165) is 23.1 Å². The van der Waals surface area contributed by atoms with Crippen molar-refractivity contribution >= 4 is 20.9 Å². The Morgan fingerprint density at radius 1 is 1.19 bits per heavy atom. The number of aromatic nitrogens is 2. The van der Waals surface area contributed by atoms with Gasteiger partial charge in [0.1, 0.15) is 23.1 Å². The van der Waals surface area contributed by atoms with Gasteiger partial charge in [0.25, 0.3) is 10.0 Å². The molecule has 6 nitrogen and oxygen atoms in total. The molecule has 0 aliphatic carbocycles. The highest BCUT2D eigenvalue weighted by atomic mass is 32.2. The van der Waals surface area contributed by atoms with Crippen molar-refractivity contribution in [3.8, 4) is 5.75 Å². The normalized spacial score (nSPS) is 17.9. The van der Waals surface area contributed by atoms with E-state index in [-0.39, 0.29) is 6.04 Å². The van der Waals surface area contributed by atoms with Gasteiger partial charge >= 0.3 is 0 Å². The van der Waals surface area contributed by atoms with Crippen molar-refractivity contribution in [3.63, 3.8) is 0 Å². The van der Waals surface area contributed by atoms with Crippen LogP contribution in [0.4, 0.5) is 4.39 Å². The number of fused-ring (bicyclic) bond motifs is 1. The van der Waals surface area contributed by atoms with Crippen LogP contribution in [0.3, 0.4) is 0 Å². The van der Waals surface area contributed by atoms with Gasteiger partial charge in [-0.1, -0.05) is 24.6 Å². The highest BCUT2D eigenvalue weighted by Gasteiger charge is 2.24. The van der Waals surface area contributed by atoms with Crippen LogP contribution >= 0.6 is 0 Å². The van der Waals surface area contributed by atoms with Crippen molar-refractivity contribution in [3.05, 3.63) is 54.5 Å². The summed E-state index contributed by atoms with van der Waals surface area (Å²) in [5, 5.41) is 7.99. The van der Waals surface area contributed by atoms with Gasteiger partial charge in [0.15, 0.2) is 0 Å². The third kappa shape index (κ3) is 3.42. The Hall–Kier alpha value is -2.45. The summed E-state index contributed by atoms with van der Waals surface area (Å²) in [7, 11) is -4.14. The third-order valence-corrected chi connectivity index (χ3v) is 6.37. The molecule has 0 spiro atoms. The van der Waals surface area contributed by atoms with Crippen molar-refractivity contribution in [2.45, 2.75) is 30.2 Å². The highest BCUT2D eigenvalue weighted by Crippen LogP contribution is 2.28. The molecule has 1 aliphatic rings. The predicted molar refractivity (Wildman–Crippen MR) is 99.9 cm³/mol. The number of piperidine rings is 1. The van der Waals surface area contributed by atoms with Crippen LogP contribution in [0.5, 0.6) is 5.75 Å². The first-order valence-electron chi connectivity index (χ1n) is 8.90. The Kier molecular flexibility index (Phi) is 4.84. The maximum Gasteiger partial charge on any atom is 0.286 e. The minimum atomic E-state index is -4.14. The van der Waals surface area contributed by atoms with Gasteiger partial charge in [0, 0.05) is 6.04 Å². The lowest BCUT2D eigenvalue weighted by Crippen LogP contribution is -2.38. The Labute approximate surface area is 157 Å². The Balaban J connectivity index is 1.67. The molecule has 4 rings (SSSR count). The van der Waals surface area contributed by atoms with E-state index in [1.165, 1.54) is 37.2 Å². The standard InChI is InChI=1S/C19H20FN3O3S/c20-16-7-1-2-10-19(16)27(24,25)23-17-8-5-9-18(15(17)12-22-23)26-13-14-6-3-4-11-21-14/h1-2,5,7-10,12,14,21H,3-4,6,11,13H2. The summed E-state index contributed by atoms with van der Waals surface area (Å²) in [6, 6.07) is 10.7. The lowest BCUT2D eigenvalue weighted by atomic mass is 10.1. The second-order valence-electron chi connectivity index (χ2n) is 6.57. The number of hydrogen-bond donors (Lipinski definition) is 1. The van der Waals surface area contributed by atoms with Crippen LogP contribution < -0.4 is 10.1 Å². The first-order chi connectivity index (χ1) is 13.1. The van der Waals surface area contributed by atoms with Gasteiger partial charge in [-0.05, 0) is 43.7 Å². The van der Waals surface area contributed by atoms with Crippen LogP contribution in [0.25, 0.3) is 10.9 Å². The van der Waals surface area contributed by atoms with E-state index in [0.29, 0.717) is 23.3 Å². The molecular formula is C19H20FN3O3S. The Morgan fingerprint density at radius 2 is 2.04 bits per heavy atom. The molecule has 0 saturated carbocycles. The zero-order valence-corrected chi connectivity index (χ0v) is 15.5. The third-order valence-electron chi connectivity index (χ3n) is 4.74. The molecule has 3 aromatic rings. The molecule has 8 heteroatoms. The van der Waals surface area contributed by atoms with Crippen molar-refractivity contribution < 1.29 is 17.5 Å². The summed E-state index contributed by atoms with van der Waals surface area (Å²) >= 11 is 0. The molecule has 2 aromatic carbocycles. The topological polar surface area (TPSA) is 73.2 Å². The SMILES string of the molecule is O=S(=O)(c1ccccc1F)n1ncc2c(OCC3CCCCN3)cccc21. The van der Waals surface area contributed by atoms with Gasteiger partial charge in [-0.25, -0.2) is 4.39 Å². The molecule has 1 unspecified atom stereocenters. The molecule has 0 amide bonds. The first kappa shape index (κ1) is 17.9. The van der Waals surface area contributed by atoms with E-state index in [1.807, 2.05) is 0 Å². The highest BCUT2D eigenvalue weighted by molar-refractivity contribution is 7.90. The monoisotopic (exact) mass is 389 g/mol. The molecule has 1 aliphatic heterocycles. The predicted octanol–water partition coefficient (Wildman–Crippen LogP) is 2.93. The fourth-order valence-electron chi connectivity index (χ4n) is 3.32. The van der Waals surface area contributed by atoms with Gasteiger partial charge < -0.3 is 10.1 Å². The molecule has 1 N–H and O–H groups in total. The van der Waals surface area contributed by atoms with E-state index in [4.69, 9.17) is 4.74 Å². The van der Waals surface area contributed by atoms with E-state index in [2.05, 4.69) is 10.4 Å². The van der Waals surface area contributed by atoms with Gasteiger partial charge in [-0.2, -0.15) is 17.6 Å². The van der Waals surface area contributed by atoms with Gasteiger partial charge in [-0.3, -0.25) is 0 Å². The second-order valence-corrected chi connectivity index (χ2v) is 8.31. The fraction of sp³-hybridized carbons (Fsp3) is 0.316. The zero-order valence-electron chi connectivity index (χ0n) is 14.6. The van der Waals surface area contributed by atoms with E-state index < -0.39 is 20.7 Å². The van der Waals surface area contributed by atoms with Crippen LogP contribution in [0.15, 0.2) is 53.6 Å². The van der Waals surface area contributed by atoms with Crippen LogP contribution in [-0.2, 0) is 10.0 Å². The van der Waals surface area contributed by atoms with Crippen LogP contribution in [-0.4, -0.2) is 36.8 Å². The smallest absolute Gasteiger partial charge is 0.286 e. The Bertz CT molecular complexity index is 1060. The Morgan fingerprint density at radius 3 is 2.81 bits per heavy atom. The van der Waals surface area contributed by atoms with Crippen LogP contribution in [0.1, 0.15) is 19.3 Å². The maximum absolute atomic E-state index is 14.0. The van der Waals surface area contributed by atoms with Crippen molar-refractivity contribution in [1.82, 2.24) is 14.5 Å². The zero-order chi connectivity index (χ0) is 18.9. The number of nitrogens with one attached hydrogen (secondary N) is 1. The molecule has 1 saturated heterocycles. The van der Waals surface area contributed by atoms with E-state index in [1.54, 1.807) is 18.2 Å². The maximum atomic E-state index is 14.0. The lowest BCUT2D eigenvalue weighted by Gasteiger charge is -2.23. The minimum absolute atomic E-state index is 0.284. The number of nitrogens with zero attached hydrogens (tertiary/aromatic N) is 2. The van der Waals surface area contributed by atoms with Crippen LogP contribution in [0.2, 0.25) is 0 Å². The molecule has 27 heavy (non-hydrogen) atoms.